The number of rotatable bonds is 4. The van der Waals surface area contributed by atoms with Crippen LogP contribution in [0.25, 0.3) is 0 Å². The molecule has 6 heteroatoms. The molecule has 4 nitrogen and oxygen atoms in total. The number of hydrogen-bond donors (Lipinski definition) is 2. The van der Waals surface area contributed by atoms with Crippen molar-refractivity contribution in [1.29, 1.82) is 0 Å². The van der Waals surface area contributed by atoms with E-state index in [4.69, 9.17) is 0 Å². The summed E-state index contributed by atoms with van der Waals surface area (Å²) in [7, 11) is 0. The number of aromatic hydroxyl groups is 2. The molecule has 0 saturated carbocycles. The lowest BCUT2D eigenvalue weighted by Gasteiger charge is -2.47. The third-order valence-corrected chi connectivity index (χ3v) is 5.18. The molecule has 2 N–H and O–H groups in total. The highest BCUT2D eigenvalue weighted by molar-refractivity contribution is 5.36. The molecule has 1 aliphatic heterocycles. The molecule has 26 heavy (non-hydrogen) atoms. The third kappa shape index (κ3) is 3.39. The van der Waals surface area contributed by atoms with Gasteiger partial charge in [-0.3, -0.25) is 9.80 Å². The Labute approximate surface area is 152 Å². The molecule has 0 unspecified atom stereocenters. The first-order valence-corrected chi connectivity index (χ1v) is 8.91. The Balaban J connectivity index is 2.16. The fourth-order valence-electron chi connectivity index (χ4n) is 3.89. The summed E-state index contributed by atoms with van der Waals surface area (Å²) in [5.41, 5.74) is 0.862. The zero-order chi connectivity index (χ0) is 18.8. The van der Waals surface area contributed by atoms with Crippen LogP contribution in [0.2, 0.25) is 0 Å². The molecule has 2 atom stereocenters. The zero-order valence-electron chi connectivity index (χ0n) is 15.0. The average Bonchev–Trinajstić information content (AvgIpc) is 2.61. The van der Waals surface area contributed by atoms with E-state index in [1.165, 1.54) is 12.1 Å². The molecule has 1 saturated heterocycles. The van der Waals surface area contributed by atoms with Gasteiger partial charge in [-0.1, -0.05) is 26.0 Å². The van der Waals surface area contributed by atoms with Crippen LogP contribution >= 0.6 is 0 Å². The van der Waals surface area contributed by atoms with Gasteiger partial charge in [0.05, 0.1) is 12.1 Å². The van der Waals surface area contributed by atoms with E-state index >= 15 is 0 Å². The lowest BCUT2D eigenvalue weighted by atomic mass is 9.88. The van der Waals surface area contributed by atoms with Crippen LogP contribution in [0.1, 0.15) is 37.1 Å². The molecule has 0 spiro atoms. The van der Waals surface area contributed by atoms with Gasteiger partial charge in [0, 0.05) is 36.3 Å². The fourth-order valence-corrected chi connectivity index (χ4v) is 3.89. The van der Waals surface area contributed by atoms with Gasteiger partial charge < -0.3 is 10.2 Å². The minimum Gasteiger partial charge on any atom is -0.508 e. The Bertz CT molecular complexity index is 719. The van der Waals surface area contributed by atoms with Crippen molar-refractivity contribution in [2.45, 2.75) is 25.9 Å². The lowest BCUT2D eigenvalue weighted by Crippen LogP contribution is -2.50. The van der Waals surface area contributed by atoms with Crippen molar-refractivity contribution in [3.05, 3.63) is 59.2 Å². The normalized spacial score (nSPS) is 21.8. The van der Waals surface area contributed by atoms with Crippen LogP contribution in [0.5, 0.6) is 11.5 Å². The Morgan fingerprint density at radius 1 is 0.808 bits per heavy atom. The summed E-state index contributed by atoms with van der Waals surface area (Å²) in [5, 5.41) is 19.1. The molecular weight excluding hydrogens is 338 g/mol. The molecule has 0 aliphatic carbocycles. The molecule has 140 valence electrons. The number of nitrogens with zero attached hydrogens (tertiary/aromatic N) is 2. The molecule has 0 amide bonds. The van der Waals surface area contributed by atoms with E-state index in [0.717, 1.165) is 25.2 Å². The number of likely N-dealkylation sites (N-methyl/N-ethyl adjacent to an activating group) is 2. The van der Waals surface area contributed by atoms with Gasteiger partial charge in [-0.25, -0.2) is 8.78 Å². The van der Waals surface area contributed by atoms with Crippen LogP contribution in [0.4, 0.5) is 8.78 Å². The lowest BCUT2D eigenvalue weighted by molar-refractivity contribution is 0.0194. The number of halogens is 2. The molecular formula is C20H24F2N2O2. The van der Waals surface area contributed by atoms with Crippen LogP contribution in [0.3, 0.4) is 0 Å². The Hall–Kier alpha value is -2.18. The molecule has 1 aliphatic rings. The quantitative estimate of drug-likeness (QED) is 0.868. The van der Waals surface area contributed by atoms with Crippen LogP contribution in [0.15, 0.2) is 36.4 Å². The molecule has 0 radical (unpaired) electrons. The topological polar surface area (TPSA) is 46.9 Å². The van der Waals surface area contributed by atoms with Crippen molar-refractivity contribution in [3.8, 4) is 11.5 Å². The first kappa shape index (κ1) is 18.6. The standard InChI is InChI=1S/C20H24F2N2O2/c1-3-23-9-10-24(4-2)20(16-8-6-14(26)12-18(16)22)19(23)15-7-5-13(25)11-17(15)21/h5-8,11-12,19-20,25-26H,3-4,9-10H2,1-2H3/t19-,20+. The largest absolute Gasteiger partial charge is 0.508 e. The molecule has 1 heterocycles. The number of hydrogen-bond acceptors (Lipinski definition) is 4. The van der Waals surface area contributed by atoms with E-state index in [9.17, 15) is 19.0 Å². The predicted molar refractivity (Wildman–Crippen MR) is 96.1 cm³/mol. The Morgan fingerprint density at radius 2 is 1.19 bits per heavy atom. The van der Waals surface area contributed by atoms with Gasteiger partial charge in [0.15, 0.2) is 0 Å². The van der Waals surface area contributed by atoms with Gasteiger partial charge in [0.1, 0.15) is 23.1 Å². The van der Waals surface area contributed by atoms with Gasteiger partial charge in [0.2, 0.25) is 0 Å². The van der Waals surface area contributed by atoms with Crippen molar-refractivity contribution in [2.24, 2.45) is 0 Å². The van der Waals surface area contributed by atoms with Crippen molar-refractivity contribution < 1.29 is 19.0 Å². The van der Waals surface area contributed by atoms with Crippen molar-refractivity contribution in [3.63, 3.8) is 0 Å². The fraction of sp³-hybridized carbons (Fsp3) is 0.400. The number of phenols is 2. The second-order valence-corrected chi connectivity index (χ2v) is 6.56. The summed E-state index contributed by atoms with van der Waals surface area (Å²) in [6.07, 6.45) is 0. The zero-order valence-corrected chi connectivity index (χ0v) is 15.0. The summed E-state index contributed by atoms with van der Waals surface area (Å²) in [6.45, 7) is 6.86. The highest BCUT2D eigenvalue weighted by Crippen LogP contribution is 2.43. The van der Waals surface area contributed by atoms with E-state index in [1.807, 2.05) is 13.8 Å². The second kappa shape index (κ2) is 7.60. The monoisotopic (exact) mass is 362 g/mol. The molecule has 1 fully saturated rings. The van der Waals surface area contributed by atoms with Crippen LogP contribution in [-0.4, -0.2) is 46.2 Å². The first-order valence-electron chi connectivity index (χ1n) is 8.91. The van der Waals surface area contributed by atoms with Crippen molar-refractivity contribution in [2.75, 3.05) is 26.2 Å². The minimum absolute atomic E-state index is 0.134. The van der Waals surface area contributed by atoms with E-state index in [2.05, 4.69) is 9.80 Å². The summed E-state index contributed by atoms with van der Waals surface area (Å²) in [6, 6.07) is 7.46. The van der Waals surface area contributed by atoms with E-state index in [1.54, 1.807) is 12.1 Å². The van der Waals surface area contributed by atoms with Crippen LogP contribution in [-0.2, 0) is 0 Å². The minimum atomic E-state index is -0.504. The SMILES string of the molecule is CCN1CCN(CC)[C@@H](c2ccc(O)cc2F)[C@H]1c1ccc(O)cc1F. The second-order valence-electron chi connectivity index (χ2n) is 6.56. The highest BCUT2D eigenvalue weighted by Gasteiger charge is 2.39. The number of piperazine rings is 1. The van der Waals surface area contributed by atoms with Gasteiger partial charge >= 0.3 is 0 Å². The van der Waals surface area contributed by atoms with Crippen LogP contribution in [0, 0.1) is 11.6 Å². The van der Waals surface area contributed by atoms with E-state index in [-0.39, 0.29) is 11.5 Å². The van der Waals surface area contributed by atoms with E-state index < -0.39 is 23.7 Å². The van der Waals surface area contributed by atoms with Gasteiger partial charge in [-0.2, -0.15) is 0 Å². The smallest absolute Gasteiger partial charge is 0.131 e. The average molecular weight is 362 g/mol. The highest BCUT2D eigenvalue weighted by atomic mass is 19.1. The molecule has 2 aromatic carbocycles. The number of benzene rings is 2. The summed E-state index contributed by atoms with van der Waals surface area (Å²) in [5.74, 6) is -1.28. The van der Waals surface area contributed by atoms with Crippen LogP contribution < -0.4 is 0 Å². The Kier molecular flexibility index (Phi) is 5.44. The van der Waals surface area contributed by atoms with Crippen molar-refractivity contribution >= 4 is 0 Å². The maximum atomic E-state index is 14.7. The summed E-state index contributed by atoms with van der Waals surface area (Å²) >= 11 is 0. The number of phenolic OH excluding ortho intramolecular Hbond substituents is 2. The summed E-state index contributed by atoms with van der Waals surface area (Å²) < 4.78 is 29.4. The maximum Gasteiger partial charge on any atom is 0.131 e. The maximum absolute atomic E-state index is 14.7. The van der Waals surface area contributed by atoms with Crippen molar-refractivity contribution in [1.82, 2.24) is 9.80 Å². The van der Waals surface area contributed by atoms with E-state index in [0.29, 0.717) is 24.2 Å². The third-order valence-electron chi connectivity index (χ3n) is 5.18. The van der Waals surface area contributed by atoms with Gasteiger partial charge in [0.25, 0.3) is 0 Å². The molecule has 0 aromatic heterocycles. The molecule has 0 bridgehead atoms. The summed E-state index contributed by atoms with van der Waals surface area (Å²) in [4.78, 5) is 4.25. The first-order chi connectivity index (χ1) is 12.5. The van der Waals surface area contributed by atoms with Gasteiger partial charge in [-0.15, -0.1) is 0 Å². The van der Waals surface area contributed by atoms with Gasteiger partial charge in [-0.05, 0) is 25.2 Å². The predicted octanol–water partition coefficient (Wildman–Crippen LogP) is 3.82. The Morgan fingerprint density at radius 3 is 1.50 bits per heavy atom. The molecule has 2 aromatic rings. The molecule has 3 rings (SSSR count).